The van der Waals surface area contributed by atoms with Gasteiger partial charge in [0, 0.05) is 24.0 Å². The van der Waals surface area contributed by atoms with Gasteiger partial charge in [-0.05, 0) is 42.1 Å². The molecule has 4 heteroatoms. The summed E-state index contributed by atoms with van der Waals surface area (Å²) in [5.41, 5.74) is 3.89. The molecular formula is C17H22FNOSi. The molecule has 2 aromatic rings. The molecule has 1 aromatic heterocycles. The number of aryl methyl sites for hydroxylation is 1. The normalized spacial score (nSPS) is 22.3. The highest BCUT2D eigenvalue weighted by Crippen LogP contribution is 2.45. The van der Waals surface area contributed by atoms with Gasteiger partial charge in [-0.2, -0.15) is 0 Å². The number of nitrogens with zero attached hydrogens (tertiary/aromatic N) is 1. The van der Waals surface area contributed by atoms with E-state index in [1.54, 1.807) is 6.07 Å². The number of hydrogen-bond acceptors (Lipinski definition) is 1. The minimum Gasteiger partial charge on any atom is -0.347 e. The van der Waals surface area contributed by atoms with Crippen molar-refractivity contribution in [2.45, 2.75) is 38.0 Å². The van der Waals surface area contributed by atoms with Crippen molar-refractivity contribution in [2.24, 2.45) is 13.0 Å². The van der Waals surface area contributed by atoms with Gasteiger partial charge in [0.25, 0.3) is 0 Å². The summed E-state index contributed by atoms with van der Waals surface area (Å²) in [5, 5.41) is 1.13. The van der Waals surface area contributed by atoms with Crippen molar-refractivity contribution < 1.29 is 9.18 Å². The Kier molecular flexibility index (Phi) is 3.32. The molecule has 0 amide bonds. The van der Waals surface area contributed by atoms with E-state index in [1.807, 2.05) is 13.1 Å². The van der Waals surface area contributed by atoms with Gasteiger partial charge in [-0.15, -0.1) is 0 Å². The van der Waals surface area contributed by atoms with Crippen molar-refractivity contribution in [3.05, 3.63) is 35.3 Å². The average molecular weight is 303 g/mol. The van der Waals surface area contributed by atoms with Crippen LogP contribution in [0, 0.1) is 11.7 Å². The molecular weight excluding hydrogens is 281 g/mol. The van der Waals surface area contributed by atoms with Crippen molar-refractivity contribution in [3.63, 3.8) is 0 Å². The Morgan fingerprint density at radius 3 is 2.67 bits per heavy atom. The quantitative estimate of drug-likeness (QED) is 0.606. The van der Waals surface area contributed by atoms with Gasteiger partial charge in [-0.1, -0.05) is 19.6 Å². The van der Waals surface area contributed by atoms with Gasteiger partial charge in [-0.3, -0.25) is 0 Å². The molecule has 1 aliphatic carbocycles. The Bertz CT molecular complexity index is 714. The van der Waals surface area contributed by atoms with Gasteiger partial charge in [0.1, 0.15) is 12.1 Å². The van der Waals surface area contributed by atoms with Gasteiger partial charge in [-0.25, -0.2) is 4.39 Å². The number of rotatable bonds is 2. The van der Waals surface area contributed by atoms with Crippen LogP contribution >= 0.6 is 0 Å². The second-order valence-corrected chi connectivity index (χ2v) is 12.6. The third-order valence-corrected chi connectivity index (χ3v) is 7.47. The number of aromatic nitrogens is 1. The van der Waals surface area contributed by atoms with Crippen LogP contribution in [0.15, 0.2) is 18.2 Å². The maximum atomic E-state index is 13.6. The lowest BCUT2D eigenvalue weighted by atomic mass is 9.86. The molecule has 3 rings (SSSR count). The van der Waals surface area contributed by atoms with E-state index >= 15 is 0 Å². The zero-order valence-corrected chi connectivity index (χ0v) is 14.1. The fraction of sp³-hybridized carbons (Fsp3) is 0.471. The molecule has 0 aliphatic heterocycles. The van der Waals surface area contributed by atoms with Gasteiger partial charge >= 0.3 is 0 Å². The van der Waals surface area contributed by atoms with Crippen molar-refractivity contribution in [3.8, 4) is 0 Å². The molecule has 21 heavy (non-hydrogen) atoms. The average Bonchev–Trinajstić information content (AvgIpc) is 2.70. The number of benzene rings is 1. The minimum atomic E-state index is -1.55. The molecule has 1 aliphatic rings. The Hall–Kier alpha value is -1.42. The first kappa shape index (κ1) is 14.5. The Labute approximate surface area is 126 Å². The van der Waals surface area contributed by atoms with E-state index in [0.29, 0.717) is 5.54 Å². The second-order valence-electron chi connectivity index (χ2n) is 7.26. The predicted molar refractivity (Wildman–Crippen MR) is 86.8 cm³/mol. The molecule has 0 bridgehead atoms. The van der Waals surface area contributed by atoms with E-state index in [-0.39, 0.29) is 11.7 Å². The standard InChI is InChI=1S/C17H22FNOSi/c1-19-14-8-5-11(10-20)17(21(2,3)4)16(14)13-7-6-12(18)9-15(13)19/h6-7,9-11,17H,5,8H2,1-4H3/t11-,17-/m1/s1. The number of aldehydes is 1. The van der Waals surface area contributed by atoms with Crippen molar-refractivity contribution in [2.75, 3.05) is 0 Å². The van der Waals surface area contributed by atoms with Crippen LogP contribution in [0.25, 0.3) is 10.9 Å². The summed E-state index contributed by atoms with van der Waals surface area (Å²) >= 11 is 0. The first-order valence-corrected chi connectivity index (χ1v) is 11.1. The molecule has 1 aromatic carbocycles. The predicted octanol–water partition coefficient (Wildman–Crippen LogP) is 4.04. The van der Waals surface area contributed by atoms with E-state index < -0.39 is 8.07 Å². The molecule has 0 spiro atoms. The third kappa shape index (κ3) is 2.16. The highest BCUT2D eigenvalue weighted by Gasteiger charge is 2.41. The zero-order valence-electron chi connectivity index (χ0n) is 13.1. The first-order chi connectivity index (χ1) is 9.84. The summed E-state index contributed by atoms with van der Waals surface area (Å²) in [6.45, 7) is 6.98. The van der Waals surface area contributed by atoms with Crippen molar-refractivity contribution in [1.29, 1.82) is 0 Å². The summed E-state index contributed by atoms with van der Waals surface area (Å²) in [6, 6.07) is 5.04. The first-order valence-electron chi connectivity index (χ1n) is 7.56. The SMILES string of the molecule is Cn1c2c(c3ccc(F)cc31)[C@H]([Si](C)(C)C)[C@@H](C=O)CC2. The smallest absolute Gasteiger partial charge is 0.125 e. The third-order valence-electron chi connectivity index (χ3n) is 4.89. The zero-order chi connectivity index (χ0) is 15.4. The van der Waals surface area contributed by atoms with Crippen LogP contribution in [0.3, 0.4) is 0 Å². The van der Waals surface area contributed by atoms with E-state index in [4.69, 9.17) is 0 Å². The van der Waals surface area contributed by atoms with Crippen molar-refractivity contribution >= 4 is 25.3 Å². The van der Waals surface area contributed by atoms with Crippen LogP contribution < -0.4 is 0 Å². The van der Waals surface area contributed by atoms with Crippen LogP contribution in [0.5, 0.6) is 0 Å². The summed E-state index contributed by atoms with van der Waals surface area (Å²) in [5.74, 6) is -0.0863. The fourth-order valence-electron chi connectivity index (χ4n) is 4.05. The van der Waals surface area contributed by atoms with Gasteiger partial charge in [0.05, 0.1) is 13.6 Å². The van der Waals surface area contributed by atoms with Crippen LogP contribution in [0.2, 0.25) is 19.6 Å². The Morgan fingerprint density at radius 1 is 1.33 bits per heavy atom. The highest BCUT2D eigenvalue weighted by atomic mass is 28.3. The molecule has 0 fully saturated rings. The van der Waals surface area contributed by atoms with Crippen molar-refractivity contribution in [1.82, 2.24) is 4.57 Å². The number of halogens is 1. The monoisotopic (exact) mass is 303 g/mol. The minimum absolute atomic E-state index is 0.111. The van der Waals surface area contributed by atoms with Gasteiger partial charge in [0.15, 0.2) is 0 Å². The largest absolute Gasteiger partial charge is 0.347 e. The van der Waals surface area contributed by atoms with E-state index in [9.17, 15) is 9.18 Å². The molecule has 0 saturated heterocycles. The van der Waals surface area contributed by atoms with Gasteiger partial charge in [0.2, 0.25) is 0 Å². The molecule has 0 N–H and O–H groups in total. The summed E-state index contributed by atoms with van der Waals surface area (Å²) in [4.78, 5) is 11.6. The number of fused-ring (bicyclic) bond motifs is 3. The molecule has 2 nitrogen and oxygen atoms in total. The van der Waals surface area contributed by atoms with Crippen LogP contribution in [0.4, 0.5) is 4.39 Å². The lowest BCUT2D eigenvalue weighted by Crippen LogP contribution is -2.39. The van der Waals surface area contributed by atoms with Gasteiger partial charge < -0.3 is 9.36 Å². The number of hydrogen-bond donors (Lipinski definition) is 0. The number of carbonyl (C=O) groups is 1. The van der Waals surface area contributed by atoms with E-state index in [1.165, 1.54) is 17.3 Å². The second kappa shape index (κ2) is 4.80. The summed E-state index contributed by atoms with van der Waals surface area (Å²) < 4.78 is 15.7. The molecule has 0 radical (unpaired) electrons. The highest BCUT2D eigenvalue weighted by molar-refractivity contribution is 6.77. The van der Waals surface area contributed by atoms with Crippen LogP contribution in [0.1, 0.15) is 23.2 Å². The van der Waals surface area contributed by atoms with Crippen LogP contribution in [-0.2, 0) is 18.3 Å². The maximum Gasteiger partial charge on any atom is 0.125 e. The van der Waals surface area contributed by atoms with E-state index in [2.05, 4.69) is 24.2 Å². The topological polar surface area (TPSA) is 22.0 Å². The molecule has 2 atom stereocenters. The summed E-state index contributed by atoms with van der Waals surface area (Å²) in [7, 11) is 0.469. The van der Waals surface area contributed by atoms with Crippen LogP contribution in [-0.4, -0.2) is 18.9 Å². The molecule has 0 saturated carbocycles. The van der Waals surface area contributed by atoms with E-state index in [0.717, 1.165) is 30.0 Å². The molecule has 0 unspecified atom stereocenters. The lowest BCUT2D eigenvalue weighted by molar-refractivity contribution is -0.111. The molecule has 1 heterocycles. The lowest BCUT2D eigenvalue weighted by Gasteiger charge is -2.37. The fourth-order valence-corrected chi connectivity index (χ4v) is 6.76. The number of carbonyl (C=O) groups excluding carboxylic acids is 1. The molecule has 112 valence electrons. The maximum absolute atomic E-state index is 13.6. The Balaban J connectivity index is 2.33. The summed E-state index contributed by atoms with van der Waals surface area (Å²) in [6.07, 6.45) is 2.97. The Morgan fingerprint density at radius 2 is 2.05 bits per heavy atom.